The summed E-state index contributed by atoms with van der Waals surface area (Å²) in [6, 6.07) is 21.9. The van der Waals surface area contributed by atoms with Crippen molar-refractivity contribution in [2.24, 2.45) is 0 Å². The van der Waals surface area contributed by atoms with Crippen molar-refractivity contribution in [2.45, 2.75) is 13.3 Å². The second-order valence-corrected chi connectivity index (χ2v) is 9.41. The Balaban J connectivity index is 0.000000485. The minimum atomic E-state index is -0.826. The summed E-state index contributed by atoms with van der Waals surface area (Å²) in [6.07, 6.45) is 3.43. The van der Waals surface area contributed by atoms with Gasteiger partial charge in [0.1, 0.15) is 0 Å². The summed E-state index contributed by atoms with van der Waals surface area (Å²) >= 11 is -0.826. The first kappa shape index (κ1) is 17.0. The standard InChI is InChI=1S/C20H16.2ClH.Zr/c1-14-11-17-7-4-8-19(20(17)12-14)18-10-9-15-5-2-3-6-16(15)13-18;;;/h2-10,12-13H,11H2,1H3;2*1H;/q;;;+2/p-2. The number of halogens is 2. The molecule has 0 heterocycles. The Hall–Kier alpha value is -0.877. The van der Waals surface area contributed by atoms with E-state index in [2.05, 4.69) is 73.7 Å². The van der Waals surface area contributed by atoms with Gasteiger partial charge in [0, 0.05) is 0 Å². The molecule has 3 aromatic rings. The number of benzene rings is 3. The van der Waals surface area contributed by atoms with Crippen molar-refractivity contribution in [1.29, 1.82) is 0 Å². The van der Waals surface area contributed by atoms with E-state index in [9.17, 15) is 0 Å². The average molecular weight is 418 g/mol. The molecule has 0 aromatic heterocycles. The van der Waals surface area contributed by atoms with Crippen molar-refractivity contribution in [3.63, 3.8) is 0 Å². The summed E-state index contributed by atoms with van der Waals surface area (Å²) in [4.78, 5) is 0. The first-order valence-electron chi connectivity index (χ1n) is 7.47. The number of fused-ring (bicyclic) bond motifs is 2. The molecule has 23 heavy (non-hydrogen) atoms. The van der Waals surface area contributed by atoms with E-state index in [0.29, 0.717) is 0 Å². The molecule has 0 atom stereocenters. The molecule has 0 aliphatic heterocycles. The predicted octanol–water partition coefficient (Wildman–Crippen LogP) is 6.84. The summed E-state index contributed by atoms with van der Waals surface area (Å²) < 4.78 is 0. The number of hydrogen-bond acceptors (Lipinski definition) is 0. The van der Waals surface area contributed by atoms with Crippen molar-refractivity contribution < 1.29 is 20.8 Å². The molecule has 0 bridgehead atoms. The van der Waals surface area contributed by atoms with Crippen LogP contribution in [0.15, 0.2) is 66.2 Å². The van der Waals surface area contributed by atoms with Gasteiger partial charge in [-0.05, 0) is 52.4 Å². The fourth-order valence-corrected chi connectivity index (χ4v) is 3.14. The average Bonchev–Trinajstić information content (AvgIpc) is 2.95. The van der Waals surface area contributed by atoms with Crippen LogP contribution in [0.5, 0.6) is 0 Å². The quantitative estimate of drug-likeness (QED) is 0.406. The van der Waals surface area contributed by atoms with Gasteiger partial charge in [-0.25, -0.2) is 0 Å². The third kappa shape index (κ3) is 3.79. The molecule has 0 fully saturated rings. The van der Waals surface area contributed by atoms with Crippen molar-refractivity contribution in [3.8, 4) is 11.1 Å². The van der Waals surface area contributed by atoms with Crippen LogP contribution in [-0.4, -0.2) is 0 Å². The van der Waals surface area contributed by atoms with E-state index in [1.807, 2.05) is 0 Å². The Kier molecular flexibility index (Phi) is 5.75. The second kappa shape index (κ2) is 7.80. The predicted molar refractivity (Wildman–Crippen MR) is 98.4 cm³/mol. The Labute approximate surface area is 155 Å². The molecule has 3 aromatic carbocycles. The van der Waals surface area contributed by atoms with Gasteiger partial charge in [0.15, 0.2) is 0 Å². The van der Waals surface area contributed by atoms with E-state index in [0.717, 1.165) is 6.42 Å². The molecule has 4 rings (SSSR count). The Bertz CT molecular complexity index is 868. The fraction of sp³-hybridized carbons (Fsp3) is 0.100. The van der Waals surface area contributed by atoms with Crippen LogP contribution >= 0.6 is 17.0 Å². The van der Waals surface area contributed by atoms with Gasteiger partial charge in [0.25, 0.3) is 0 Å². The normalized spacial score (nSPS) is 12.2. The van der Waals surface area contributed by atoms with Crippen LogP contribution in [0.4, 0.5) is 0 Å². The van der Waals surface area contributed by atoms with Gasteiger partial charge in [-0.15, -0.1) is 0 Å². The Morgan fingerprint density at radius 2 is 1.61 bits per heavy atom. The van der Waals surface area contributed by atoms with Crippen LogP contribution in [0.1, 0.15) is 18.1 Å². The van der Waals surface area contributed by atoms with E-state index in [1.165, 1.54) is 38.6 Å². The number of allylic oxidation sites excluding steroid dienone is 1. The summed E-state index contributed by atoms with van der Waals surface area (Å²) in [6.45, 7) is 2.21. The van der Waals surface area contributed by atoms with Crippen LogP contribution in [0.25, 0.3) is 28.0 Å². The fourth-order valence-electron chi connectivity index (χ4n) is 3.14. The minimum absolute atomic E-state index is 0.826. The first-order valence-corrected chi connectivity index (χ1v) is 13.8. The molecule has 0 nitrogen and oxygen atoms in total. The summed E-state index contributed by atoms with van der Waals surface area (Å²) in [5.41, 5.74) is 6.97. The van der Waals surface area contributed by atoms with Gasteiger partial charge in [-0.1, -0.05) is 66.2 Å². The van der Waals surface area contributed by atoms with Gasteiger partial charge < -0.3 is 0 Å². The van der Waals surface area contributed by atoms with Crippen molar-refractivity contribution in [2.75, 3.05) is 0 Å². The summed E-state index contributed by atoms with van der Waals surface area (Å²) in [7, 11) is 9.87. The monoisotopic (exact) mass is 416 g/mol. The Morgan fingerprint density at radius 3 is 2.39 bits per heavy atom. The van der Waals surface area contributed by atoms with E-state index < -0.39 is 20.8 Å². The third-order valence-corrected chi connectivity index (χ3v) is 4.12. The van der Waals surface area contributed by atoms with Crippen molar-refractivity contribution in [3.05, 3.63) is 77.4 Å². The van der Waals surface area contributed by atoms with Crippen molar-refractivity contribution in [1.82, 2.24) is 0 Å². The second-order valence-electron chi connectivity index (χ2n) is 5.68. The summed E-state index contributed by atoms with van der Waals surface area (Å²) in [5.74, 6) is 0. The van der Waals surface area contributed by atoms with E-state index >= 15 is 0 Å². The molecular weight excluding hydrogens is 402 g/mol. The molecule has 0 spiro atoms. The molecule has 0 N–H and O–H groups in total. The Morgan fingerprint density at radius 1 is 0.870 bits per heavy atom. The van der Waals surface area contributed by atoms with Gasteiger partial charge in [-0.3, -0.25) is 0 Å². The summed E-state index contributed by atoms with van der Waals surface area (Å²) in [5, 5.41) is 2.61. The molecule has 0 saturated carbocycles. The topological polar surface area (TPSA) is 0 Å². The van der Waals surface area contributed by atoms with E-state index in [4.69, 9.17) is 17.0 Å². The van der Waals surface area contributed by atoms with Crippen LogP contribution < -0.4 is 0 Å². The molecule has 0 saturated heterocycles. The third-order valence-electron chi connectivity index (χ3n) is 4.12. The van der Waals surface area contributed by atoms with Crippen molar-refractivity contribution >= 4 is 33.9 Å². The number of hydrogen-bond donors (Lipinski definition) is 0. The zero-order valence-electron chi connectivity index (χ0n) is 12.8. The zero-order chi connectivity index (χ0) is 16.2. The SMILES string of the molecule is CC1=Cc2c(cccc2-c2ccc3ccccc3c2)C1.[Cl][Zr][Cl]. The maximum absolute atomic E-state index is 4.93. The zero-order valence-corrected chi connectivity index (χ0v) is 16.8. The molecule has 0 amide bonds. The molecule has 3 heteroatoms. The molecule has 0 unspecified atom stereocenters. The first-order chi connectivity index (χ1) is 11.2. The van der Waals surface area contributed by atoms with Crippen LogP contribution in [-0.2, 0) is 27.3 Å². The van der Waals surface area contributed by atoms with Gasteiger partial charge in [0.2, 0.25) is 0 Å². The molecule has 0 radical (unpaired) electrons. The molecule has 1 aliphatic rings. The van der Waals surface area contributed by atoms with Gasteiger partial charge in [0.05, 0.1) is 0 Å². The molecule has 114 valence electrons. The van der Waals surface area contributed by atoms with Gasteiger partial charge >= 0.3 is 37.9 Å². The van der Waals surface area contributed by atoms with Crippen LogP contribution in [0, 0.1) is 0 Å². The number of rotatable bonds is 1. The van der Waals surface area contributed by atoms with Gasteiger partial charge in [-0.2, -0.15) is 0 Å². The molecular formula is C20H16Cl2Zr. The van der Waals surface area contributed by atoms with Crippen LogP contribution in [0.3, 0.4) is 0 Å². The maximum atomic E-state index is 4.93. The van der Waals surface area contributed by atoms with Crippen LogP contribution in [0.2, 0.25) is 0 Å². The van der Waals surface area contributed by atoms with E-state index in [-0.39, 0.29) is 0 Å². The van der Waals surface area contributed by atoms with E-state index in [1.54, 1.807) is 0 Å². The molecule has 1 aliphatic carbocycles.